The van der Waals surface area contributed by atoms with E-state index in [4.69, 9.17) is 4.74 Å². The average Bonchev–Trinajstić information content (AvgIpc) is 3.07. The summed E-state index contributed by atoms with van der Waals surface area (Å²) in [5, 5.41) is 7.69. The lowest BCUT2D eigenvalue weighted by Gasteiger charge is -2.14. The maximum Gasteiger partial charge on any atom is 0.368 e. The Morgan fingerprint density at radius 1 is 1.07 bits per heavy atom. The Hall–Kier alpha value is -3.81. The van der Waals surface area contributed by atoms with Crippen molar-refractivity contribution in [2.45, 2.75) is 20.5 Å². The van der Waals surface area contributed by atoms with Crippen molar-refractivity contribution in [3.8, 4) is 22.6 Å². The van der Waals surface area contributed by atoms with Crippen molar-refractivity contribution in [1.82, 2.24) is 24.8 Å². The lowest BCUT2D eigenvalue weighted by Crippen LogP contribution is -2.23. The summed E-state index contributed by atoms with van der Waals surface area (Å²) in [5.74, 6) is 0.156. The third-order valence-corrected chi connectivity index (χ3v) is 4.88. The molecule has 7 nitrogen and oxygen atoms in total. The van der Waals surface area contributed by atoms with Gasteiger partial charge in [-0.05, 0) is 60.2 Å². The maximum absolute atomic E-state index is 14.4. The van der Waals surface area contributed by atoms with Crippen molar-refractivity contribution in [3.05, 3.63) is 87.9 Å². The molecule has 0 spiro atoms. The molecule has 30 heavy (non-hydrogen) atoms. The first kappa shape index (κ1) is 19.5. The standard InChI is InChI=1S/C22H20FN5O2/c1-14-5-4-6-21(28-22(29)27(3)25-26-28)19(14)13-30-17-9-10-20(23)18(11-17)16-8-7-15(2)24-12-16/h4-12H,13H2,1-3H3. The third-order valence-electron chi connectivity index (χ3n) is 4.88. The number of tetrazole rings is 1. The Bertz CT molecular complexity index is 1260. The van der Waals surface area contributed by atoms with Crippen molar-refractivity contribution in [2.24, 2.45) is 7.05 Å². The zero-order valence-corrected chi connectivity index (χ0v) is 16.8. The molecule has 0 fully saturated rings. The average molecular weight is 405 g/mol. The molecule has 2 aromatic heterocycles. The Morgan fingerprint density at radius 2 is 1.90 bits per heavy atom. The fourth-order valence-corrected chi connectivity index (χ4v) is 3.14. The van der Waals surface area contributed by atoms with E-state index in [0.717, 1.165) is 21.5 Å². The highest BCUT2D eigenvalue weighted by molar-refractivity contribution is 5.65. The maximum atomic E-state index is 14.4. The molecule has 0 radical (unpaired) electrons. The van der Waals surface area contributed by atoms with Crippen molar-refractivity contribution < 1.29 is 9.13 Å². The van der Waals surface area contributed by atoms with Crippen LogP contribution in [0.2, 0.25) is 0 Å². The van der Waals surface area contributed by atoms with Gasteiger partial charge in [-0.3, -0.25) is 4.98 Å². The molecule has 4 aromatic rings. The molecular formula is C22H20FN5O2. The summed E-state index contributed by atoms with van der Waals surface area (Å²) in [4.78, 5) is 16.5. The summed E-state index contributed by atoms with van der Waals surface area (Å²) in [5.41, 5.74) is 3.92. The highest BCUT2D eigenvalue weighted by atomic mass is 19.1. The summed E-state index contributed by atoms with van der Waals surface area (Å²) in [6, 6.07) is 13.8. The molecule has 0 aliphatic rings. The van der Waals surface area contributed by atoms with Gasteiger partial charge in [-0.15, -0.1) is 0 Å². The van der Waals surface area contributed by atoms with Crippen LogP contribution < -0.4 is 10.4 Å². The number of nitrogens with zero attached hydrogens (tertiary/aromatic N) is 5. The minimum absolute atomic E-state index is 0.183. The molecule has 4 rings (SSSR count). The van der Waals surface area contributed by atoms with Crippen LogP contribution in [0.5, 0.6) is 5.75 Å². The summed E-state index contributed by atoms with van der Waals surface area (Å²) >= 11 is 0. The van der Waals surface area contributed by atoms with E-state index in [1.807, 2.05) is 38.1 Å². The minimum atomic E-state index is -0.351. The second kappa shape index (κ2) is 7.90. The van der Waals surface area contributed by atoms with Gasteiger partial charge in [0.15, 0.2) is 0 Å². The predicted octanol–water partition coefficient (Wildman–Crippen LogP) is 3.36. The van der Waals surface area contributed by atoms with E-state index in [2.05, 4.69) is 15.4 Å². The molecule has 0 N–H and O–H groups in total. The first-order valence-electron chi connectivity index (χ1n) is 9.37. The zero-order chi connectivity index (χ0) is 21.3. The fraction of sp³-hybridized carbons (Fsp3) is 0.182. The van der Waals surface area contributed by atoms with E-state index in [9.17, 15) is 9.18 Å². The normalized spacial score (nSPS) is 10.9. The molecule has 2 heterocycles. The van der Waals surface area contributed by atoms with E-state index in [0.29, 0.717) is 22.6 Å². The van der Waals surface area contributed by atoms with Gasteiger partial charge < -0.3 is 4.74 Å². The van der Waals surface area contributed by atoms with Crippen molar-refractivity contribution >= 4 is 0 Å². The number of hydrogen-bond donors (Lipinski definition) is 0. The van der Waals surface area contributed by atoms with Gasteiger partial charge in [-0.1, -0.05) is 18.2 Å². The SMILES string of the molecule is Cc1ccc(-c2cc(OCc3c(C)cccc3-n3nnn(C)c3=O)ccc2F)cn1. The monoisotopic (exact) mass is 405 g/mol. The number of rotatable bonds is 5. The number of aromatic nitrogens is 5. The minimum Gasteiger partial charge on any atom is -0.489 e. The highest BCUT2D eigenvalue weighted by Crippen LogP contribution is 2.28. The number of benzene rings is 2. The van der Waals surface area contributed by atoms with Crippen LogP contribution in [0, 0.1) is 19.7 Å². The van der Waals surface area contributed by atoms with Crippen LogP contribution in [0.3, 0.4) is 0 Å². The molecule has 0 bridgehead atoms. The van der Waals surface area contributed by atoms with Crippen molar-refractivity contribution in [1.29, 1.82) is 0 Å². The van der Waals surface area contributed by atoms with Gasteiger partial charge in [0, 0.05) is 35.6 Å². The number of hydrogen-bond acceptors (Lipinski definition) is 5. The zero-order valence-electron chi connectivity index (χ0n) is 16.8. The third kappa shape index (κ3) is 3.71. The molecule has 0 saturated heterocycles. The predicted molar refractivity (Wildman–Crippen MR) is 110 cm³/mol. The van der Waals surface area contributed by atoms with Crippen LogP contribution in [0.25, 0.3) is 16.8 Å². The molecule has 0 saturated carbocycles. The molecule has 0 aliphatic heterocycles. The number of pyridine rings is 1. The number of ether oxygens (including phenoxy) is 1. The Labute approximate surface area is 172 Å². The Kier molecular flexibility index (Phi) is 5.14. The van der Waals surface area contributed by atoms with Crippen LogP contribution in [-0.4, -0.2) is 24.8 Å². The first-order valence-corrected chi connectivity index (χ1v) is 9.37. The molecule has 0 atom stereocenters. The van der Waals surface area contributed by atoms with Gasteiger partial charge in [0.05, 0.1) is 5.69 Å². The first-order chi connectivity index (χ1) is 14.4. The summed E-state index contributed by atoms with van der Waals surface area (Å²) < 4.78 is 22.7. The second-order valence-electron chi connectivity index (χ2n) is 6.99. The van der Waals surface area contributed by atoms with E-state index in [-0.39, 0.29) is 18.1 Å². The van der Waals surface area contributed by atoms with Crippen LogP contribution in [0.4, 0.5) is 4.39 Å². The van der Waals surface area contributed by atoms with Crippen LogP contribution in [0.15, 0.2) is 59.5 Å². The molecule has 0 unspecified atom stereocenters. The lowest BCUT2D eigenvalue weighted by molar-refractivity contribution is 0.304. The number of aryl methyl sites for hydroxylation is 3. The van der Waals surface area contributed by atoms with Gasteiger partial charge in [0.2, 0.25) is 0 Å². The Morgan fingerprint density at radius 3 is 2.60 bits per heavy atom. The van der Waals surface area contributed by atoms with Crippen LogP contribution >= 0.6 is 0 Å². The Balaban J connectivity index is 1.65. The van der Waals surface area contributed by atoms with E-state index < -0.39 is 0 Å². The smallest absolute Gasteiger partial charge is 0.368 e. The molecule has 8 heteroatoms. The lowest BCUT2D eigenvalue weighted by atomic mass is 10.1. The van der Waals surface area contributed by atoms with Crippen molar-refractivity contribution in [2.75, 3.05) is 0 Å². The largest absolute Gasteiger partial charge is 0.489 e. The van der Waals surface area contributed by atoms with Gasteiger partial charge in [0.1, 0.15) is 18.2 Å². The summed E-state index contributed by atoms with van der Waals surface area (Å²) in [7, 11) is 1.54. The second-order valence-corrected chi connectivity index (χ2v) is 6.99. The molecule has 0 aliphatic carbocycles. The van der Waals surface area contributed by atoms with E-state index in [1.165, 1.54) is 17.8 Å². The van der Waals surface area contributed by atoms with Gasteiger partial charge in [-0.25, -0.2) is 9.18 Å². The van der Waals surface area contributed by atoms with Gasteiger partial charge in [0.25, 0.3) is 0 Å². The van der Waals surface area contributed by atoms with E-state index in [1.54, 1.807) is 24.4 Å². The quantitative estimate of drug-likeness (QED) is 0.509. The molecular weight excluding hydrogens is 385 g/mol. The molecule has 152 valence electrons. The molecule has 0 amide bonds. The summed E-state index contributed by atoms with van der Waals surface area (Å²) in [6.07, 6.45) is 1.64. The van der Waals surface area contributed by atoms with Crippen LogP contribution in [0.1, 0.15) is 16.8 Å². The fourth-order valence-electron chi connectivity index (χ4n) is 3.14. The van der Waals surface area contributed by atoms with Gasteiger partial charge in [-0.2, -0.15) is 9.36 Å². The number of halogens is 1. The van der Waals surface area contributed by atoms with Crippen LogP contribution in [-0.2, 0) is 13.7 Å². The summed E-state index contributed by atoms with van der Waals surface area (Å²) in [6.45, 7) is 3.99. The topological polar surface area (TPSA) is 74.8 Å². The van der Waals surface area contributed by atoms with E-state index >= 15 is 0 Å². The highest BCUT2D eigenvalue weighted by Gasteiger charge is 2.14. The van der Waals surface area contributed by atoms with Gasteiger partial charge >= 0.3 is 5.69 Å². The van der Waals surface area contributed by atoms with Crippen molar-refractivity contribution in [3.63, 3.8) is 0 Å². The molecule has 2 aromatic carbocycles.